The molecule has 1 amide bonds. The molecule has 1 aliphatic heterocycles. The summed E-state index contributed by atoms with van der Waals surface area (Å²) in [7, 11) is 0. The van der Waals surface area contributed by atoms with E-state index in [2.05, 4.69) is 9.97 Å². The zero-order chi connectivity index (χ0) is 25.4. The first-order valence-corrected chi connectivity index (χ1v) is 11.5. The standard InChI is InChI=1S/C25H25ClF3N5O/c1-24(2,3)23(35)34-12-10-33(11-13-34)20-15-31-21(16-4-6-17(7-5-16)25(27,28)29)22(32-20)18-8-9-30-14-19(18)26/h4-9,14-15H,10-13H2,1-3H3. The fourth-order valence-corrected chi connectivity index (χ4v) is 4.14. The number of hydrogen-bond acceptors (Lipinski definition) is 5. The lowest BCUT2D eigenvalue weighted by molar-refractivity contribution is -0.140. The number of carbonyl (C=O) groups is 1. The van der Waals surface area contributed by atoms with Gasteiger partial charge < -0.3 is 9.80 Å². The maximum Gasteiger partial charge on any atom is 0.416 e. The molecule has 1 aliphatic rings. The molecular weight excluding hydrogens is 479 g/mol. The van der Waals surface area contributed by atoms with Gasteiger partial charge in [-0.05, 0) is 18.2 Å². The average molecular weight is 504 g/mol. The van der Waals surface area contributed by atoms with Crippen LogP contribution in [0.15, 0.2) is 48.9 Å². The molecule has 0 unspecified atom stereocenters. The molecule has 4 rings (SSSR count). The predicted molar refractivity (Wildman–Crippen MR) is 129 cm³/mol. The molecule has 1 aromatic carbocycles. The summed E-state index contributed by atoms with van der Waals surface area (Å²) in [6, 6.07) is 6.50. The normalized spacial score (nSPS) is 14.8. The van der Waals surface area contributed by atoms with Crippen molar-refractivity contribution < 1.29 is 18.0 Å². The summed E-state index contributed by atoms with van der Waals surface area (Å²) < 4.78 is 39.1. The Morgan fingerprint density at radius 1 is 0.943 bits per heavy atom. The molecule has 1 fully saturated rings. The van der Waals surface area contributed by atoms with Gasteiger partial charge in [-0.2, -0.15) is 13.2 Å². The molecule has 35 heavy (non-hydrogen) atoms. The highest BCUT2D eigenvalue weighted by molar-refractivity contribution is 6.33. The number of amides is 1. The highest BCUT2D eigenvalue weighted by Gasteiger charge is 2.31. The van der Waals surface area contributed by atoms with Gasteiger partial charge in [0.05, 0.1) is 22.5 Å². The Hall–Kier alpha value is -3.20. The molecule has 6 nitrogen and oxygen atoms in total. The van der Waals surface area contributed by atoms with Crippen LogP contribution in [0.5, 0.6) is 0 Å². The predicted octanol–water partition coefficient (Wildman–Crippen LogP) is 5.57. The quantitative estimate of drug-likeness (QED) is 0.467. The summed E-state index contributed by atoms with van der Waals surface area (Å²) in [4.78, 5) is 29.9. The van der Waals surface area contributed by atoms with Crippen LogP contribution in [0.25, 0.3) is 22.5 Å². The molecule has 0 N–H and O–H groups in total. The molecule has 3 heterocycles. The SMILES string of the molecule is CC(C)(C)C(=O)N1CCN(c2cnc(-c3ccc(C(F)(F)F)cc3)c(-c3ccncc3Cl)n2)CC1. The van der Waals surface area contributed by atoms with Gasteiger partial charge in [-0.25, -0.2) is 4.98 Å². The Bertz CT molecular complexity index is 1220. The number of rotatable bonds is 3. The second-order valence-electron chi connectivity index (χ2n) is 9.39. The summed E-state index contributed by atoms with van der Waals surface area (Å²) in [5.41, 5.74) is 0.737. The van der Waals surface area contributed by atoms with Crippen LogP contribution in [0.4, 0.5) is 19.0 Å². The summed E-state index contributed by atoms with van der Waals surface area (Å²) in [6.45, 7) is 7.99. The largest absolute Gasteiger partial charge is 0.416 e. The maximum absolute atomic E-state index is 13.0. The molecular formula is C25H25ClF3N5O. The number of carbonyl (C=O) groups excluding carboxylic acids is 1. The average Bonchev–Trinajstić information content (AvgIpc) is 2.83. The van der Waals surface area contributed by atoms with E-state index in [0.29, 0.717) is 59.5 Å². The number of nitrogens with zero attached hydrogens (tertiary/aromatic N) is 5. The van der Waals surface area contributed by atoms with E-state index < -0.39 is 17.2 Å². The molecule has 0 aliphatic carbocycles. The van der Waals surface area contributed by atoms with Gasteiger partial charge in [0.25, 0.3) is 0 Å². The van der Waals surface area contributed by atoms with Crippen molar-refractivity contribution in [1.29, 1.82) is 0 Å². The number of piperazine rings is 1. The van der Waals surface area contributed by atoms with Gasteiger partial charge in [-0.1, -0.05) is 44.5 Å². The fourth-order valence-electron chi connectivity index (χ4n) is 3.93. The van der Waals surface area contributed by atoms with Crippen molar-refractivity contribution in [3.8, 4) is 22.5 Å². The number of pyridine rings is 1. The molecule has 0 spiro atoms. The summed E-state index contributed by atoms with van der Waals surface area (Å²) >= 11 is 6.40. The molecule has 3 aromatic rings. The number of aromatic nitrogens is 3. The van der Waals surface area contributed by atoms with Crippen LogP contribution < -0.4 is 4.90 Å². The van der Waals surface area contributed by atoms with Gasteiger partial charge in [0, 0.05) is 55.1 Å². The molecule has 1 saturated heterocycles. The van der Waals surface area contributed by atoms with Gasteiger partial charge >= 0.3 is 6.18 Å². The molecule has 0 radical (unpaired) electrons. The fraction of sp³-hybridized carbons (Fsp3) is 0.360. The van der Waals surface area contributed by atoms with Crippen molar-refractivity contribution >= 4 is 23.3 Å². The lowest BCUT2D eigenvalue weighted by Gasteiger charge is -2.38. The smallest absolute Gasteiger partial charge is 0.352 e. The van der Waals surface area contributed by atoms with Crippen molar-refractivity contribution in [2.24, 2.45) is 5.41 Å². The minimum Gasteiger partial charge on any atom is -0.352 e. The van der Waals surface area contributed by atoms with Crippen LogP contribution in [-0.2, 0) is 11.0 Å². The number of halogens is 4. The minimum absolute atomic E-state index is 0.102. The van der Waals surface area contributed by atoms with Crippen molar-refractivity contribution in [1.82, 2.24) is 19.9 Å². The van der Waals surface area contributed by atoms with Crippen molar-refractivity contribution in [2.75, 3.05) is 31.1 Å². The first-order chi connectivity index (χ1) is 16.4. The molecule has 2 aromatic heterocycles. The van der Waals surface area contributed by atoms with Crippen molar-refractivity contribution in [3.05, 3.63) is 59.5 Å². The Balaban J connectivity index is 1.68. The van der Waals surface area contributed by atoms with Gasteiger partial charge in [-0.3, -0.25) is 14.8 Å². The topological polar surface area (TPSA) is 62.2 Å². The highest BCUT2D eigenvalue weighted by atomic mass is 35.5. The second kappa shape index (κ2) is 9.45. The Labute approximate surface area is 206 Å². The van der Waals surface area contributed by atoms with E-state index in [-0.39, 0.29) is 5.91 Å². The van der Waals surface area contributed by atoms with Crippen LogP contribution in [0.2, 0.25) is 5.02 Å². The summed E-state index contributed by atoms with van der Waals surface area (Å²) in [6.07, 6.45) is 0.232. The molecule has 0 bridgehead atoms. The van der Waals surface area contributed by atoms with E-state index in [9.17, 15) is 18.0 Å². The van der Waals surface area contributed by atoms with E-state index in [0.717, 1.165) is 12.1 Å². The molecule has 0 atom stereocenters. The maximum atomic E-state index is 13.0. The lowest BCUT2D eigenvalue weighted by Crippen LogP contribution is -2.51. The zero-order valence-corrected chi connectivity index (χ0v) is 20.4. The van der Waals surface area contributed by atoms with Gasteiger partial charge in [0.1, 0.15) is 11.5 Å². The van der Waals surface area contributed by atoms with Gasteiger partial charge in [0.15, 0.2) is 0 Å². The van der Waals surface area contributed by atoms with Crippen LogP contribution >= 0.6 is 11.6 Å². The van der Waals surface area contributed by atoms with Crippen LogP contribution in [0.1, 0.15) is 26.3 Å². The second-order valence-corrected chi connectivity index (χ2v) is 9.79. The number of alkyl halides is 3. The third-order valence-electron chi connectivity index (χ3n) is 5.81. The van der Waals surface area contributed by atoms with Gasteiger partial charge in [-0.15, -0.1) is 0 Å². The van der Waals surface area contributed by atoms with Crippen molar-refractivity contribution in [2.45, 2.75) is 26.9 Å². The first-order valence-electron chi connectivity index (χ1n) is 11.1. The van der Waals surface area contributed by atoms with Crippen LogP contribution in [0, 0.1) is 5.41 Å². The number of benzene rings is 1. The van der Waals surface area contributed by atoms with E-state index in [1.807, 2.05) is 30.6 Å². The van der Waals surface area contributed by atoms with E-state index in [1.165, 1.54) is 18.3 Å². The lowest BCUT2D eigenvalue weighted by atomic mass is 9.94. The third kappa shape index (κ3) is 5.40. The molecule has 0 saturated carbocycles. The van der Waals surface area contributed by atoms with E-state index >= 15 is 0 Å². The van der Waals surface area contributed by atoms with Crippen molar-refractivity contribution in [3.63, 3.8) is 0 Å². The Kier molecular flexibility index (Phi) is 6.73. The molecule has 184 valence electrons. The van der Waals surface area contributed by atoms with Crippen LogP contribution in [0.3, 0.4) is 0 Å². The Morgan fingerprint density at radius 3 is 2.17 bits per heavy atom. The number of hydrogen-bond donors (Lipinski definition) is 0. The monoisotopic (exact) mass is 503 g/mol. The third-order valence-corrected chi connectivity index (χ3v) is 6.11. The zero-order valence-electron chi connectivity index (χ0n) is 19.6. The molecule has 10 heteroatoms. The van der Waals surface area contributed by atoms with Gasteiger partial charge in [0.2, 0.25) is 5.91 Å². The Morgan fingerprint density at radius 2 is 1.60 bits per heavy atom. The summed E-state index contributed by atoms with van der Waals surface area (Å²) in [5.74, 6) is 0.705. The van der Waals surface area contributed by atoms with E-state index in [1.54, 1.807) is 18.5 Å². The summed E-state index contributed by atoms with van der Waals surface area (Å²) in [5, 5.41) is 0.354. The minimum atomic E-state index is -4.43. The van der Waals surface area contributed by atoms with E-state index in [4.69, 9.17) is 16.6 Å². The van der Waals surface area contributed by atoms with Crippen LogP contribution in [-0.4, -0.2) is 51.9 Å². The number of anilines is 1. The first kappa shape index (κ1) is 24.9. The highest BCUT2D eigenvalue weighted by Crippen LogP contribution is 2.36.